The van der Waals surface area contributed by atoms with Crippen LogP contribution in [0.5, 0.6) is 0 Å². The van der Waals surface area contributed by atoms with Crippen molar-refractivity contribution in [1.29, 1.82) is 0 Å². The zero-order valence-electron chi connectivity index (χ0n) is 9.63. The van der Waals surface area contributed by atoms with Gasteiger partial charge in [-0.1, -0.05) is 0 Å². The van der Waals surface area contributed by atoms with Crippen molar-refractivity contribution in [2.24, 2.45) is 5.73 Å². The third kappa shape index (κ3) is 5.23. The van der Waals surface area contributed by atoms with Crippen LogP contribution >= 0.6 is 12.4 Å². The molecule has 0 bridgehead atoms. The summed E-state index contributed by atoms with van der Waals surface area (Å²) in [7, 11) is 0. The summed E-state index contributed by atoms with van der Waals surface area (Å²) < 4.78 is 5.10. The molecule has 0 unspecified atom stereocenters. The second-order valence-electron chi connectivity index (χ2n) is 5.07. The van der Waals surface area contributed by atoms with Gasteiger partial charge in [0, 0.05) is 12.1 Å². The van der Waals surface area contributed by atoms with Crippen LogP contribution in [0.4, 0.5) is 4.79 Å². The van der Waals surface area contributed by atoms with E-state index in [1.54, 1.807) is 0 Å². The van der Waals surface area contributed by atoms with Crippen molar-refractivity contribution in [1.82, 2.24) is 5.32 Å². The molecule has 0 atom stereocenters. The molecule has 1 rings (SSSR count). The van der Waals surface area contributed by atoms with Crippen LogP contribution in [0.1, 0.15) is 40.0 Å². The molecule has 0 aromatic carbocycles. The maximum absolute atomic E-state index is 11.3. The van der Waals surface area contributed by atoms with Gasteiger partial charge >= 0.3 is 6.09 Å². The van der Waals surface area contributed by atoms with Crippen molar-refractivity contribution in [3.63, 3.8) is 0 Å². The Kier molecular flexibility index (Phi) is 4.87. The number of rotatable bonds is 2. The van der Waals surface area contributed by atoms with Gasteiger partial charge in [-0.15, -0.1) is 12.4 Å². The quantitative estimate of drug-likeness (QED) is 0.769. The van der Waals surface area contributed by atoms with E-state index < -0.39 is 5.60 Å². The van der Waals surface area contributed by atoms with Gasteiger partial charge in [0.2, 0.25) is 0 Å². The molecular weight excluding hydrogens is 216 g/mol. The average Bonchev–Trinajstić information content (AvgIpc) is 1.94. The number of amides is 1. The second kappa shape index (κ2) is 5.03. The predicted molar refractivity (Wildman–Crippen MR) is 62.3 cm³/mol. The summed E-state index contributed by atoms with van der Waals surface area (Å²) >= 11 is 0. The second-order valence-corrected chi connectivity index (χ2v) is 5.07. The molecule has 0 aliphatic heterocycles. The predicted octanol–water partition coefficient (Wildman–Crippen LogP) is 1.81. The van der Waals surface area contributed by atoms with E-state index >= 15 is 0 Å². The van der Waals surface area contributed by atoms with E-state index in [0.717, 1.165) is 19.3 Å². The SMILES string of the molecule is CC(C)(C)OC(=O)NCC1(N)CCC1.Cl. The lowest BCUT2D eigenvalue weighted by Crippen LogP contribution is -2.55. The summed E-state index contributed by atoms with van der Waals surface area (Å²) in [5.41, 5.74) is 5.32. The molecule has 1 aliphatic carbocycles. The summed E-state index contributed by atoms with van der Waals surface area (Å²) in [5.74, 6) is 0. The van der Waals surface area contributed by atoms with Crippen LogP contribution in [0.2, 0.25) is 0 Å². The Hall–Kier alpha value is -0.480. The molecule has 5 heteroatoms. The van der Waals surface area contributed by atoms with Crippen LogP contribution in [0, 0.1) is 0 Å². The van der Waals surface area contributed by atoms with Crippen LogP contribution < -0.4 is 11.1 Å². The Balaban J connectivity index is 0.00000196. The van der Waals surface area contributed by atoms with Gasteiger partial charge in [0.1, 0.15) is 5.60 Å². The molecule has 0 saturated heterocycles. The molecule has 0 heterocycles. The molecule has 0 aromatic rings. The van der Waals surface area contributed by atoms with Gasteiger partial charge in [-0.3, -0.25) is 0 Å². The van der Waals surface area contributed by atoms with Crippen molar-refractivity contribution in [2.45, 2.75) is 51.2 Å². The lowest BCUT2D eigenvalue weighted by molar-refractivity contribution is 0.0501. The fourth-order valence-electron chi connectivity index (χ4n) is 1.37. The number of alkyl carbamates (subject to hydrolysis) is 1. The van der Waals surface area contributed by atoms with E-state index in [1.165, 1.54) is 0 Å². The number of halogens is 1. The van der Waals surface area contributed by atoms with Crippen LogP contribution in [-0.2, 0) is 4.74 Å². The first-order valence-electron chi connectivity index (χ1n) is 5.07. The van der Waals surface area contributed by atoms with Crippen molar-refractivity contribution in [3.8, 4) is 0 Å². The van der Waals surface area contributed by atoms with Crippen molar-refractivity contribution < 1.29 is 9.53 Å². The third-order valence-electron chi connectivity index (χ3n) is 2.33. The molecule has 1 fully saturated rings. The largest absolute Gasteiger partial charge is 0.444 e. The zero-order chi connectivity index (χ0) is 10.8. The van der Waals surface area contributed by atoms with Gasteiger partial charge in [0.25, 0.3) is 0 Å². The normalized spacial score (nSPS) is 18.4. The van der Waals surface area contributed by atoms with Gasteiger partial charge in [-0.2, -0.15) is 0 Å². The molecule has 1 saturated carbocycles. The molecule has 0 radical (unpaired) electrons. The van der Waals surface area contributed by atoms with Crippen molar-refractivity contribution in [3.05, 3.63) is 0 Å². The molecule has 0 spiro atoms. The lowest BCUT2D eigenvalue weighted by atomic mass is 9.78. The fourth-order valence-corrected chi connectivity index (χ4v) is 1.37. The van der Waals surface area contributed by atoms with E-state index in [0.29, 0.717) is 6.54 Å². The zero-order valence-corrected chi connectivity index (χ0v) is 10.4. The number of carbonyl (C=O) groups excluding carboxylic acids is 1. The Morgan fingerprint density at radius 3 is 2.33 bits per heavy atom. The van der Waals surface area contributed by atoms with Crippen LogP contribution in [0.25, 0.3) is 0 Å². The van der Waals surface area contributed by atoms with Crippen molar-refractivity contribution >= 4 is 18.5 Å². The van der Waals surface area contributed by atoms with Crippen LogP contribution in [0.3, 0.4) is 0 Å². The highest BCUT2D eigenvalue weighted by Gasteiger charge is 2.33. The standard InChI is InChI=1S/C10H20N2O2.ClH/c1-9(2,3)14-8(13)12-7-10(11)5-4-6-10;/h4-7,11H2,1-3H3,(H,12,13);1H. The van der Waals surface area contributed by atoms with Crippen LogP contribution in [0.15, 0.2) is 0 Å². The smallest absolute Gasteiger partial charge is 0.407 e. The molecule has 15 heavy (non-hydrogen) atoms. The highest BCUT2D eigenvalue weighted by Crippen LogP contribution is 2.28. The number of nitrogens with one attached hydrogen (secondary N) is 1. The van der Waals surface area contributed by atoms with Crippen molar-refractivity contribution in [2.75, 3.05) is 6.54 Å². The molecule has 1 aliphatic rings. The minimum Gasteiger partial charge on any atom is -0.444 e. The van der Waals surface area contributed by atoms with E-state index in [2.05, 4.69) is 5.32 Å². The first kappa shape index (κ1) is 14.5. The number of hydrogen-bond donors (Lipinski definition) is 2. The minimum absolute atomic E-state index is 0. The van der Waals surface area contributed by atoms with Gasteiger partial charge in [-0.05, 0) is 40.0 Å². The summed E-state index contributed by atoms with van der Waals surface area (Å²) in [5, 5.41) is 2.70. The van der Waals surface area contributed by atoms with Gasteiger partial charge in [-0.25, -0.2) is 4.79 Å². The van der Waals surface area contributed by atoms with Crippen LogP contribution in [-0.4, -0.2) is 23.8 Å². The monoisotopic (exact) mass is 236 g/mol. The highest BCUT2D eigenvalue weighted by molar-refractivity contribution is 5.85. The number of hydrogen-bond acceptors (Lipinski definition) is 3. The van der Waals surface area contributed by atoms with E-state index in [-0.39, 0.29) is 24.0 Å². The number of nitrogens with two attached hydrogens (primary N) is 1. The number of ether oxygens (including phenoxy) is 1. The molecular formula is C10H21ClN2O2. The topological polar surface area (TPSA) is 64.3 Å². The van der Waals surface area contributed by atoms with E-state index in [1.807, 2.05) is 20.8 Å². The Morgan fingerprint density at radius 2 is 2.00 bits per heavy atom. The Bertz CT molecular complexity index is 222. The maximum atomic E-state index is 11.3. The molecule has 90 valence electrons. The molecule has 4 nitrogen and oxygen atoms in total. The Morgan fingerprint density at radius 1 is 1.47 bits per heavy atom. The minimum atomic E-state index is -0.439. The van der Waals surface area contributed by atoms with E-state index in [4.69, 9.17) is 10.5 Å². The van der Waals surface area contributed by atoms with Gasteiger partial charge in [0.05, 0.1) is 0 Å². The summed E-state index contributed by atoms with van der Waals surface area (Å²) in [6.07, 6.45) is 2.76. The summed E-state index contributed by atoms with van der Waals surface area (Å²) in [4.78, 5) is 11.3. The molecule has 1 amide bonds. The molecule has 0 aromatic heterocycles. The summed E-state index contributed by atoms with van der Waals surface area (Å²) in [6, 6.07) is 0. The molecule has 3 N–H and O–H groups in total. The fraction of sp³-hybridized carbons (Fsp3) is 0.900. The van der Waals surface area contributed by atoms with E-state index in [9.17, 15) is 4.79 Å². The number of carbonyl (C=O) groups is 1. The summed E-state index contributed by atoms with van der Waals surface area (Å²) in [6.45, 7) is 6.04. The maximum Gasteiger partial charge on any atom is 0.407 e. The van der Waals surface area contributed by atoms with Gasteiger partial charge < -0.3 is 15.8 Å². The first-order valence-corrected chi connectivity index (χ1v) is 5.07. The van der Waals surface area contributed by atoms with Gasteiger partial charge in [0.15, 0.2) is 0 Å². The third-order valence-corrected chi connectivity index (χ3v) is 2.33. The first-order chi connectivity index (χ1) is 6.31. The average molecular weight is 237 g/mol. The highest BCUT2D eigenvalue weighted by atomic mass is 35.5. The Labute approximate surface area is 97.3 Å². The lowest BCUT2D eigenvalue weighted by Gasteiger charge is -2.38.